The van der Waals surface area contributed by atoms with Crippen molar-refractivity contribution in [3.05, 3.63) is 29.8 Å². The molecule has 0 bridgehead atoms. The predicted molar refractivity (Wildman–Crippen MR) is 67.4 cm³/mol. The van der Waals surface area contributed by atoms with Crippen LogP contribution >= 0.6 is 0 Å². The molecule has 0 saturated carbocycles. The minimum atomic E-state index is -3.56. The average molecular weight is 272 g/mol. The Morgan fingerprint density at radius 3 is 2.67 bits per heavy atom. The zero-order chi connectivity index (χ0) is 13.8. The van der Waals surface area contributed by atoms with E-state index >= 15 is 0 Å². The highest BCUT2D eigenvalue weighted by Gasteiger charge is 2.20. The fourth-order valence-corrected chi connectivity index (χ4v) is 2.55. The molecule has 0 unspecified atom stereocenters. The first-order valence-electron chi connectivity index (χ1n) is 5.20. The van der Waals surface area contributed by atoms with Crippen LogP contribution in [0.3, 0.4) is 0 Å². The molecule has 6 nitrogen and oxygen atoms in total. The third-order valence-electron chi connectivity index (χ3n) is 2.34. The van der Waals surface area contributed by atoms with Gasteiger partial charge in [-0.2, -0.15) is 4.31 Å². The molecule has 0 saturated heterocycles. The number of nitrogens with two attached hydrogens (primary N) is 1. The molecule has 0 aromatic heterocycles. The molecule has 7 heteroatoms. The highest BCUT2D eigenvalue weighted by Crippen LogP contribution is 2.16. The number of methoxy groups -OCH3 is 1. The van der Waals surface area contributed by atoms with Crippen molar-refractivity contribution in [2.75, 3.05) is 20.7 Å². The van der Waals surface area contributed by atoms with Gasteiger partial charge in [-0.25, -0.2) is 8.42 Å². The van der Waals surface area contributed by atoms with E-state index in [2.05, 4.69) is 0 Å². The lowest BCUT2D eigenvalue weighted by Crippen LogP contribution is -2.36. The summed E-state index contributed by atoms with van der Waals surface area (Å²) in [5, 5.41) is 0. The number of carbonyl (C=O) groups is 1. The molecule has 0 fully saturated rings. The normalized spacial score (nSPS) is 11.5. The van der Waals surface area contributed by atoms with E-state index in [0.29, 0.717) is 11.3 Å². The van der Waals surface area contributed by atoms with E-state index in [9.17, 15) is 13.2 Å². The first-order chi connectivity index (χ1) is 8.35. The van der Waals surface area contributed by atoms with Gasteiger partial charge < -0.3 is 10.5 Å². The number of carbonyl (C=O) groups excluding carboxylic acids is 1. The van der Waals surface area contributed by atoms with E-state index in [4.69, 9.17) is 10.5 Å². The van der Waals surface area contributed by atoms with Crippen LogP contribution in [0.2, 0.25) is 0 Å². The Bertz CT molecular complexity index is 528. The molecule has 1 amide bonds. The maximum absolute atomic E-state index is 11.9. The molecule has 0 aliphatic rings. The van der Waals surface area contributed by atoms with E-state index in [1.165, 1.54) is 14.2 Å². The zero-order valence-corrected chi connectivity index (χ0v) is 11.1. The van der Waals surface area contributed by atoms with Crippen LogP contribution < -0.4 is 10.5 Å². The first kappa shape index (κ1) is 14.5. The number of hydrogen-bond donors (Lipinski definition) is 1. The van der Waals surface area contributed by atoms with Crippen molar-refractivity contribution >= 4 is 15.9 Å². The van der Waals surface area contributed by atoms with Crippen molar-refractivity contribution in [1.82, 2.24) is 4.31 Å². The molecule has 1 aromatic carbocycles. The summed E-state index contributed by atoms with van der Waals surface area (Å²) in [7, 11) is -0.730. The van der Waals surface area contributed by atoms with Crippen molar-refractivity contribution in [2.45, 2.75) is 5.75 Å². The average Bonchev–Trinajstić information content (AvgIpc) is 2.27. The second-order valence-electron chi connectivity index (χ2n) is 3.83. The van der Waals surface area contributed by atoms with Crippen molar-refractivity contribution in [2.24, 2.45) is 5.73 Å². The largest absolute Gasteiger partial charge is 0.497 e. The van der Waals surface area contributed by atoms with E-state index in [0.717, 1.165) is 4.31 Å². The second-order valence-corrected chi connectivity index (χ2v) is 5.91. The number of benzene rings is 1. The quantitative estimate of drug-likeness (QED) is 0.785. The summed E-state index contributed by atoms with van der Waals surface area (Å²) < 4.78 is 29.8. The summed E-state index contributed by atoms with van der Waals surface area (Å²) >= 11 is 0. The van der Waals surface area contributed by atoms with Crippen molar-refractivity contribution < 1.29 is 17.9 Å². The molecule has 18 heavy (non-hydrogen) atoms. The molecule has 0 atom stereocenters. The standard InChI is InChI=1S/C11H16N2O4S/c1-13(7-11(12)14)18(15,16)8-9-4-3-5-10(6-9)17-2/h3-6H,7-8H2,1-2H3,(H2,12,14). The maximum Gasteiger partial charge on any atom is 0.232 e. The van der Waals surface area contributed by atoms with Crippen LogP contribution in [0.15, 0.2) is 24.3 Å². The van der Waals surface area contributed by atoms with Crippen LogP contribution in [0.4, 0.5) is 0 Å². The Balaban J connectivity index is 2.84. The summed E-state index contributed by atoms with van der Waals surface area (Å²) in [6.07, 6.45) is 0. The van der Waals surface area contributed by atoms with Gasteiger partial charge in [-0.1, -0.05) is 12.1 Å². The molecule has 1 aromatic rings. The van der Waals surface area contributed by atoms with Gasteiger partial charge in [0.15, 0.2) is 0 Å². The number of amides is 1. The molecule has 0 aliphatic heterocycles. The lowest BCUT2D eigenvalue weighted by atomic mass is 10.2. The van der Waals surface area contributed by atoms with Gasteiger partial charge in [0.2, 0.25) is 15.9 Å². The van der Waals surface area contributed by atoms with E-state index in [-0.39, 0.29) is 12.3 Å². The topological polar surface area (TPSA) is 89.7 Å². The molecule has 2 N–H and O–H groups in total. The van der Waals surface area contributed by atoms with Gasteiger partial charge in [-0.15, -0.1) is 0 Å². The van der Waals surface area contributed by atoms with E-state index in [1.54, 1.807) is 24.3 Å². The number of rotatable bonds is 6. The minimum Gasteiger partial charge on any atom is -0.497 e. The molecule has 0 radical (unpaired) electrons. The van der Waals surface area contributed by atoms with Gasteiger partial charge in [0.25, 0.3) is 0 Å². The first-order valence-corrected chi connectivity index (χ1v) is 6.81. The van der Waals surface area contributed by atoms with Gasteiger partial charge in [-0.05, 0) is 17.7 Å². The van der Waals surface area contributed by atoms with Crippen LogP contribution in [0.25, 0.3) is 0 Å². The lowest BCUT2D eigenvalue weighted by Gasteiger charge is -2.15. The Labute approximate surface area is 106 Å². The van der Waals surface area contributed by atoms with Crippen molar-refractivity contribution in [3.63, 3.8) is 0 Å². The number of sulfonamides is 1. The Kier molecular flexibility index (Phi) is 4.69. The number of primary amides is 1. The highest BCUT2D eigenvalue weighted by molar-refractivity contribution is 7.88. The third kappa shape index (κ3) is 4.01. The summed E-state index contributed by atoms with van der Waals surface area (Å²) in [5.41, 5.74) is 5.55. The third-order valence-corrected chi connectivity index (χ3v) is 4.11. The Morgan fingerprint density at radius 1 is 1.44 bits per heavy atom. The molecule has 0 aliphatic carbocycles. The fourth-order valence-electron chi connectivity index (χ4n) is 1.40. The molecule has 0 spiro atoms. The summed E-state index contributed by atoms with van der Waals surface area (Å²) in [6, 6.07) is 6.74. The lowest BCUT2D eigenvalue weighted by molar-refractivity contribution is -0.118. The van der Waals surface area contributed by atoms with Gasteiger partial charge in [0.05, 0.1) is 19.4 Å². The molecule has 0 heterocycles. The van der Waals surface area contributed by atoms with Crippen molar-refractivity contribution in [3.8, 4) is 5.75 Å². The van der Waals surface area contributed by atoms with Crippen LogP contribution in [0.1, 0.15) is 5.56 Å². The van der Waals surface area contributed by atoms with Crippen LogP contribution in [0.5, 0.6) is 5.75 Å². The highest BCUT2D eigenvalue weighted by atomic mass is 32.2. The van der Waals surface area contributed by atoms with E-state index < -0.39 is 15.9 Å². The molecular weight excluding hydrogens is 256 g/mol. The van der Waals surface area contributed by atoms with Gasteiger partial charge >= 0.3 is 0 Å². The molecular formula is C11H16N2O4S. The van der Waals surface area contributed by atoms with Crippen molar-refractivity contribution in [1.29, 1.82) is 0 Å². The van der Waals surface area contributed by atoms with Crippen LogP contribution in [-0.4, -0.2) is 39.3 Å². The zero-order valence-electron chi connectivity index (χ0n) is 10.3. The summed E-state index contributed by atoms with van der Waals surface area (Å²) in [4.78, 5) is 10.7. The Morgan fingerprint density at radius 2 is 2.11 bits per heavy atom. The monoisotopic (exact) mass is 272 g/mol. The number of hydrogen-bond acceptors (Lipinski definition) is 4. The van der Waals surface area contributed by atoms with Crippen LogP contribution in [-0.2, 0) is 20.6 Å². The van der Waals surface area contributed by atoms with Gasteiger partial charge in [0, 0.05) is 7.05 Å². The summed E-state index contributed by atoms with van der Waals surface area (Å²) in [5.74, 6) is -0.305. The maximum atomic E-state index is 11.9. The fraction of sp³-hybridized carbons (Fsp3) is 0.364. The Hall–Kier alpha value is -1.60. The van der Waals surface area contributed by atoms with Gasteiger partial charge in [0.1, 0.15) is 5.75 Å². The molecule has 1 rings (SSSR count). The number of ether oxygens (including phenoxy) is 1. The molecule has 100 valence electrons. The minimum absolute atomic E-state index is 0.200. The second kappa shape index (κ2) is 5.83. The van der Waals surface area contributed by atoms with Crippen LogP contribution in [0, 0.1) is 0 Å². The van der Waals surface area contributed by atoms with Gasteiger partial charge in [-0.3, -0.25) is 4.79 Å². The smallest absolute Gasteiger partial charge is 0.232 e. The number of nitrogens with zero attached hydrogens (tertiary/aromatic N) is 1. The predicted octanol–water partition coefficient (Wildman–Crippen LogP) is -0.0579. The van der Waals surface area contributed by atoms with E-state index in [1.807, 2.05) is 0 Å². The number of likely N-dealkylation sites (N-methyl/N-ethyl adjacent to an activating group) is 1. The SMILES string of the molecule is COc1cccc(CS(=O)(=O)N(C)CC(N)=O)c1. The summed E-state index contributed by atoms with van der Waals surface area (Å²) in [6.45, 7) is -0.327.